The van der Waals surface area contributed by atoms with E-state index in [-0.39, 0.29) is 11.5 Å². The summed E-state index contributed by atoms with van der Waals surface area (Å²) in [4.78, 5) is 23.0. The number of nitrogen functional groups attached to an aromatic ring is 1. The van der Waals surface area contributed by atoms with Gasteiger partial charge in [0.15, 0.2) is 5.82 Å². The molecule has 4 N–H and O–H groups in total. The molecule has 18 heavy (non-hydrogen) atoms. The maximum atomic E-state index is 11.8. The Bertz CT molecular complexity index is 684. The Kier molecular flexibility index (Phi) is 2.37. The van der Waals surface area contributed by atoms with Gasteiger partial charge in [0.25, 0.3) is 5.56 Å². The number of anilines is 3. The first-order valence-electron chi connectivity index (χ1n) is 5.07. The topological polar surface area (TPSA) is 106 Å². The van der Waals surface area contributed by atoms with Gasteiger partial charge in [0.05, 0.1) is 12.8 Å². The van der Waals surface area contributed by atoms with E-state index in [0.29, 0.717) is 21.6 Å². The maximum Gasteiger partial charge on any atom is 0.268 e. The zero-order valence-corrected chi connectivity index (χ0v) is 10.2. The average Bonchev–Trinajstić information content (AvgIpc) is 2.36. The average molecular weight is 263 g/mol. The molecule has 0 atom stereocenters. The zero-order chi connectivity index (χ0) is 12.7. The number of nitrogens with zero attached hydrogens (tertiary/aromatic N) is 2. The first kappa shape index (κ1) is 10.9. The van der Waals surface area contributed by atoms with Crippen LogP contribution in [0.25, 0.3) is 0 Å². The van der Waals surface area contributed by atoms with Crippen LogP contribution >= 0.6 is 11.8 Å². The molecule has 1 aliphatic heterocycles. The minimum absolute atomic E-state index is 0.0803. The number of pyridine rings is 1. The molecule has 3 rings (SSSR count). The van der Waals surface area contributed by atoms with E-state index in [4.69, 9.17) is 10.5 Å². The quantitative estimate of drug-likeness (QED) is 0.600. The fourth-order valence-corrected chi connectivity index (χ4v) is 2.49. The standard InChI is InChI=1S/C10H9N5O2S/c1-17-5-3-2-4-9(13-5)18-6-7(12-4)14-10(11)15-8(6)16/h2-3H,1H3,(H4,11,12,14,15,16). The highest BCUT2D eigenvalue weighted by Gasteiger charge is 2.22. The number of fused-ring (bicyclic) bond motifs is 2. The van der Waals surface area contributed by atoms with E-state index in [1.165, 1.54) is 11.8 Å². The molecule has 0 unspecified atom stereocenters. The molecule has 0 bridgehead atoms. The summed E-state index contributed by atoms with van der Waals surface area (Å²) in [5.41, 5.74) is 5.98. The Hall–Kier alpha value is -2.22. The highest BCUT2D eigenvalue weighted by Crippen LogP contribution is 2.40. The minimum atomic E-state index is -0.287. The first-order valence-corrected chi connectivity index (χ1v) is 5.89. The van der Waals surface area contributed by atoms with Crippen LogP contribution in [-0.4, -0.2) is 22.1 Å². The number of hydrogen-bond acceptors (Lipinski definition) is 7. The van der Waals surface area contributed by atoms with Crippen molar-refractivity contribution in [3.05, 3.63) is 22.5 Å². The number of methoxy groups -OCH3 is 1. The highest BCUT2D eigenvalue weighted by atomic mass is 32.2. The number of rotatable bonds is 1. The third-order valence-corrected chi connectivity index (χ3v) is 3.48. The van der Waals surface area contributed by atoms with Gasteiger partial charge >= 0.3 is 0 Å². The molecule has 2 aromatic rings. The lowest BCUT2D eigenvalue weighted by Gasteiger charge is -2.18. The van der Waals surface area contributed by atoms with Crippen molar-refractivity contribution in [2.24, 2.45) is 0 Å². The van der Waals surface area contributed by atoms with Crippen LogP contribution in [0.1, 0.15) is 0 Å². The fraction of sp³-hybridized carbons (Fsp3) is 0.100. The van der Waals surface area contributed by atoms with Gasteiger partial charge in [0.2, 0.25) is 11.8 Å². The number of nitrogens with one attached hydrogen (secondary N) is 2. The Balaban J connectivity index is 2.12. The molecule has 0 radical (unpaired) electrons. The van der Waals surface area contributed by atoms with Crippen molar-refractivity contribution in [1.29, 1.82) is 0 Å². The third kappa shape index (κ3) is 1.66. The van der Waals surface area contributed by atoms with E-state index in [2.05, 4.69) is 20.3 Å². The van der Waals surface area contributed by atoms with Gasteiger partial charge < -0.3 is 15.8 Å². The molecule has 3 heterocycles. The summed E-state index contributed by atoms with van der Waals surface area (Å²) < 4.78 is 5.04. The number of aromatic amines is 1. The van der Waals surface area contributed by atoms with Crippen LogP contribution in [-0.2, 0) is 0 Å². The number of hydrogen-bond donors (Lipinski definition) is 3. The normalized spacial score (nSPS) is 12.3. The van der Waals surface area contributed by atoms with E-state index in [9.17, 15) is 4.79 Å². The van der Waals surface area contributed by atoms with Gasteiger partial charge in [-0.25, -0.2) is 4.98 Å². The van der Waals surface area contributed by atoms with E-state index < -0.39 is 0 Å². The highest BCUT2D eigenvalue weighted by molar-refractivity contribution is 7.99. The van der Waals surface area contributed by atoms with Gasteiger partial charge in [-0.05, 0) is 6.07 Å². The molecule has 7 nitrogen and oxygen atoms in total. The van der Waals surface area contributed by atoms with E-state index >= 15 is 0 Å². The molecule has 0 fully saturated rings. The summed E-state index contributed by atoms with van der Waals surface area (Å²) in [5, 5.41) is 3.69. The zero-order valence-electron chi connectivity index (χ0n) is 9.35. The Morgan fingerprint density at radius 3 is 3.00 bits per heavy atom. The monoisotopic (exact) mass is 263 g/mol. The number of nitrogens with two attached hydrogens (primary N) is 1. The van der Waals surface area contributed by atoms with E-state index in [1.54, 1.807) is 13.2 Å². The second kappa shape index (κ2) is 3.91. The summed E-state index contributed by atoms with van der Waals surface area (Å²) in [5.74, 6) is 1.02. The Morgan fingerprint density at radius 2 is 2.22 bits per heavy atom. The molecule has 92 valence electrons. The number of H-pyrrole nitrogens is 1. The van der Waals surface area contributed by atoms with Crippen LogP contribution in [0, 0.1) is 0 Å². The molecular formula is C10H9N5O2S. The van der Waals surface area contributed by atoms with Crippen molar-refractivity contribution in [2.75, 3.05) is 18.2 Å². The molecule has 8 heteroatoms. The molecule has 0 spiro atoms. The van der Waals surface area contributed by atoms with Crippen molar-refractivity contribution in [3.8, 4) is 5.88 Å². The summed E-state index contributed by atoms with van der Waals surface area (Å²) in [7, 11) is 1.54. The van der Waals surface area contributed by atoms with E-state index in [0.717, 1.165) is 5.69 Å². The second-order valence-electron chi connectivity index (χ2n) is 3.56. The van der Waals surface area contributed by atoms with Gasteiger partial charge in [-0.1, -0.05) is 11.8 Å². The molecule has 0 aromatic carbocycles. The van der Waals surface area contributed by atoms with Crippen molar-refractivity contribution in [3.63, 3.8) is 0 Å². The summed E-state index contributed by atoms with van der Waals surface area (Å²) in [6.07, 6.45) is 0. The summed E-state index contributed by atoms with van der Waals surface area (Å²) >= 11 is 1.23. The SMILES string of the molecule is COc1ccc2c(n1)Sc1c(nc(N)[nH]c1=O)N2. The van der Waals surface area contributed by atoms with Crippen LogP contribution in [0.15, 0.2) is 26.8 Å². The van der Waals surface area contributed by atoms with Gasteiger partial charge in [0, 0.05) is 6.07 Å². The van der Waals surface area contributed by atoms with Crippen LogP contribution in [0.4, 0.5) is 17.5 Å². The number of aromatic nitrogens is 3. The van der Waals surface area contributed by atoms with Gasteiger partial charge in [-0.3, -0.25) is 9.78 Å². The summed E-state index contributed by atoms with van der Waals surface area (Å²) in [6.45, 7) is 0. The molecule has 0 amide bonds. The molecule has 0 aliphatic carbocycles. The first-order chi connectivity index (χ1) is 8.67. The van der Waals surface area contributed by atoms with Crippen molar-refractivity contribution in [1.82, 2.24) is 15.0 Å². The smallest absolute Gasteiger partial charge is 0.268 e. The molecule has 1 aliphatic rings. The lowest BCUT2D eigenvalue weighted by atomic mass is 10.4. The van der Waals surface area contributed by atoms with Crippen LogP contribution in [0.5, 0.6) is 5.88 Å². The molecular weight excluding hydrogens is 254 g/mol. The predicted molar refractivity (Wildman–Crippen MR) is 67.5 cm³/mol. The maximum absolute atomic E-state index is 11.8. The fourth-order valence-electron chi connectivity index (χ4n) is 1.59. The second-order valence-corrected chi connectivity index (χ2v) is 4.56. The molecule has 2 aromatic heterocycles. The van der Waals surface area contributed by atoms with Gasteiger partial charge in [-0.15, -0.1) is 0 Å². The summed E-state index contributed by atoms with van der Waals surface area (Å²) in [6, 6.07) is 3.55. The predicted octanol–water partition coefficient (Wildman–Crippen LogP) is 0.964. The van der Waals surface area contributed by atoms with Crippen LogP contribution < -0.4 is 21.3 Å². The third-order valence-electron chi connectivity index (χ3n) is 2.39. The lowest BCUT2D eigenvalue weighted by Crippen LogP contribution is -2.18. The van der Waals surface area contributed by atoms with E-state index in [1.807, 2.05) is 6.07 Å². The molecule has 0 saturated carbocycles. The Morgan fingerprint density at radius 1 is 1.39 bits per heavy atom. The van der Waals surface area contributed by atoms with Crippen molar-refractivity contribution in [2.45, 2.75) is 9.92 Å². The van der Waals surface area contributed by atoms with Gasteiger partial charge in [0.1, 0.15) is 9.92 Å². The van der Waals surface area contributed by atoms with Crippen LogP contribution in [0.3, 0.4) is 0 Å². The van der Waals surface area contributed by atoms with Crippen LogP contribution in [0.2, 0.25) is 0 Å². The van der Waals surface area contributed by atoms with Crippen molar-refractivity contribution < 1.29 is 4.74 Å². The van der Waals surface area contributed by atoms with Gasteiger partial charge in [-0.2, -0.15) is 4.98 Å². The largest absolute Gasteiger partial charge is 0.481 e. The Labute approximate surface area is 106 Å². The minimum Gasteiger partial charge on any atom is -0.481 e. The molecule has 0 saturated heterocycles. The lowest BCUT2D eigenvalue weighted by molar-refractivity contribution is 0.394. The van der Waals surface area contributed by atoms with Crippen molar-refractivity contribution >= 4 is 29.2 Å². The number of ether oxygens (including phenoxy) is 1.